The first-order valence-corrected chi connectivity index (χ1v) is 11.1. The molecule has 1 N–H and O–H groups in total. The van der Waals surface area contributed by atoms with E-state index in [0.717, 1.165) is 18.7 Å². The van der Waals surface area contributed by atoms with Crippen LogP contribution in [0, 0.1) is 6.92 Å². The number of rotatable bonds is 7. The molecule has 4 rings (SSSR count). The summed E-state index contributed by atoms with van der Waals surface area (Å²) in [7, 11) is 0. The Morgan fingerprint density at radius 1 is 1.06 bits per heavy atom. The molecule has 0 aliphatic carbocycles. The molecule has 32 heavy (non-hydrogen) atoms. The zero-order valence-electron chi connectivity index (χ0n) is 18.7. The zero-order valence-corrected chi connectivity index (χ0v) is 18.7. The number of nitrogens with one attached hydrogen (secondary N) is 1. The van der Waals surface area contributed by atoms with Crippen molar-refractivity contribution >= 4 is 23.1 Å². The predicted molar refractivity (Wildman–Crippen MR) is 120 cm³/mol. The van der Waals surface area contributed by atoms with E-state index in [-0.39, 0.29) is 5.57 Å². The quantitative estimate of drug-likeness (QED) is 0.340. The molecule has 7 heteroatoms. The first kappa shape index (κ1) is 21.8. The lowest BCUT2D eigenvalue weighted by atomic mass is 9.96. The number of aryl methyl sites for hydroxylation is 1. The molecule has 3 heterocycles. The largest absolute Gasteiger partial charge is 0.871 e. The average Bonchev–Trinajstić information content (AvgIpc) is 3.28. The van der Waals surface area contributed by atoms with Gasteiger partial charge in [0.2, 0.25) is 5.78 Å². The molecule has 0 bridgehead atoms. The van der Waals surface area contributed by atoms with Crippen molar-refractivity contribution in [1.82, 2.24) is 14.3 Å². The van der Waals surface area contributed by atoms with Crippen molar-refractivity contribution in [2.24, 2.45) is 0 Å². The molecule has 166 valence electrons. The van der Waals surface area contributed by atoms with Crippen LogP contribution >= 0.6 is 0 Å². The number of amides is 1. The van der Waals surface area contributed by atoms with Crippen LogP contribution in [0.1, 0.15) is 36.8 Å². The standard InChI is InChI=1S/C25H28N4O3/c1-4-27(5-2)15-16-29-22(18-11-7-6-8-12-18)20(24(31)25(29)32)23(30)21-17(3)26-19-13-9-10-14-28(19)21/h6-14,22,30H,4-5,15-16H2,1-3H3. The first-order valence-electron chi connectivity index (χ1n) is 11.1. The number of fused-ring (bicyclic) bond motifs is 1. The van der Waals surface area contributed by atoms with Crippen molar-refractivity contribution in [3.8, 4) is 0 Å². The number of likely N-dealkylation sites (tertiary alicyclic amines) is 1. The number of nitrogens with zero attached hydrogens (tertiary/aromatic N) is 3. The van der Waals surface area contributed by atoms with Gasteiger partial charge in [0.1, 0.15) is 5.65 Å². The van der Waals surface area contributed by atoms with Gasteiger partial charge in [0.05, 0.1) is 43.6 Å². The second kappa shape index (κ2) is 8.96. The molecule has 1 amide bonds. The minimum absolute atomic E-state index is 0.00417. The summed E-state index contributed by atoms with van der Waals surface area (Å²) in [5.41, 5.74) is 2.25. The van der Waals surface area contributed by atoms with Crippen LogP contribution in [0.3, 0.4) is 0 Å². The van der Waals surface area contributed by atoms with Crippen LogP contribution in [0.2, 0.25) is 0 Å². The van der Waals surface area contributed by atoms with Crippen LogP contribution in [-0.2, 0) is 9.59 Å². The fourth-order valence-electron chi connectivity index (χ4n) is 4.48. The molecule has 3 aromatic rings. The Balaban J connectivity index is 1.86. The lowest BCUT2D eigenvalue weighted by Gasteiger charge is -2.28. The topological polar surface area (TPSA) is 82.2 Å². The van der Waals surface area contributed by atoms with Gasteiger partial charge in [-0.3, -0.25) is 9.59 Å². The minimum Gasteiger partial charge on any atom is -0.871 e. The molecule has 1 atom stereocenters. The van der Waals surface area contributed by atoms with E-state index in [1.54, 1.807) is 22.4 Å². The van der Waals surface area contributed by atoms with Gasteiger partial charge in [-0.25, -0.2) is 4.98 Å². The molecule has 1 aromatic carbocycles. The number of hydrogen-bond donors (Lipinski definition) is 1. The number of ketones is 1. The molecular weight excluding hydrogens is 404 g/mol. The average molecular weight is 433 g/mol. The van der Waals surface area contributed by atoms with E-state index in [0.29, 0.717) is 30.1 Å². The van der Waals surface area contributed by atoms with E-state index in [1.807, 2.05) is 48.5 Å². The summed E-state index contributed by atoms with van der Waals surface area (Å²) < 4.78 is 1.69. The van der Waals surface area contributed by atoms with Crippen molar-refractivity contribution in [3.63, 3.8) is 0 Å². The third kappa shape index (κ3) is 3.69. The Hall–Kier alpha value is -3.45. The second-order valence-electron chi connectivity index (χ2n) is 8.07. The number of pyridine rings is 1. The van der Waals surface area contributed by atoms with E-state index in [9.17, 15) is 14.7 Å². The van der Waals surface area contributed by atoms with Crippen molar-refractivity contribution in [3.05, 3.63) is 77.3 Å². The molecule has 7 nitrogen and oxygen atoms in total. The van der Waals surface area contributed by atoms with Crippen LogP contribution < -0.4 is 10.0 Å². The molecule has 1 unspecified atom stereocenters. The number of quaternary nitrogens is 1. The number of imidazole rings is 1. The minimum atomic E-state index is -0.719. The number of carbonyl (C=O) groups excluding carboxylic acids is 2. The number of carbonyl (C=O) groups is 2. The van der Waals surface area contributed by atoms with E-state index in [2.05, 4.69) is 18.8 Å². The van der Waals surface area contributed by atoms with Crippen molar-refractivity contribution in [2.45, 2.75) is 26.8 Å². The maximum absolute atomic E-state index is 13.8. The zero-order chi connectivity index (χ0) is 22.8. The van der Waals surface area contributed by atoms with Gasteiger partial charge >= 0.3 is 0 Å². The normalized spacial score (nSPS) is 18.2. The van der Waals surface area contributed by atoms with Gasteiger partial charge < -0.3 is 19.3 Å². The second-order valence-corrected chi connectivity index (χ2v) is 8.07. The lowest BCUT2D eigenvalue weighted by Crippen LogP contribution is -3.12. The summed E-state index contributed by atoms with van der Waals surface area (Å²) in [5, 5.41) is 13.8. The van der Waals surface area contributed by atoms with Crippen LogP contribution in [-0.4, -0.2) is 52.2 Å². The third-order valence-electron chi connectivity index (χ3n) is 6.27. The van der Waals surface area contributed by atoms with E-state index >= 15 is 0 Å². The number of aromatic nitrogens is 2. The highest BCUT2D eigenvalue weighted by Crippen LogP contribution is 2.38. The Kier molecular flexibility index (Phi) is 6.10. The number of hydrogen-bond acceptors (Lipinski definition) is 4. The molecule has 1 fully saturated rings. The smallest absolute Gasteiger partial charge is 0.295 e. The number of benzene rings is 1. The van der Waals surface area contributed by atoms with E-state index < -0.39 is 23.5 Å². The predicted octanol–water partition coefficient (Wildman–Crippen LogP) is 0.791. The summed E-state index contributed by atoms with van der Waals surface area (Å²) in [6, 6.07) is 14.1. The highest BCUT2D eigenvalue weighted by atomic mass is 16.3. The highest BCUT2D eigenvalue weighted by Gasteiger charge is 2.44. The fourth-order valence-corrected chi connectivity index (χ4v) is 4.48. The Morgan fingerprint density at radius 3 is 2.44 bits per heavy atom. The lowest BCUT2D eigenvalue weighted by molar-refractivity contribution is -0.895. The first-order chi connectivity index (χ1) is 15.5. The molecule has 0 radical (unpaired) electrons. The van der Waals surface area contributed by atoms with Crippen LogP contribution in [0.25, 0.3) is 11.4 Å². The van der Waals surface area contributed by atoms with Gasteiger partial charge in [0.25, 0.3) is 5.91 Å². The van der Waals surface area contributed by atoms with Gasteiger partial charge in [0, 0.05) is 11.8 Å². The van der Waals surface area contributed by atoms with E-state index in [1.165, 1.54) is 4.90 Å². The monoisotopic (exact) mass is 432 g/mol. The highest BCUT2D eigenvalue weighted by molar-refractivity contribution is 6.46. The van der Waals surface area contributed by atoms with E-state index in [4.69, 9.17) is 0 Å². The molecule has 1 aliphatic heterocycles. The summed E-state index contributed by atoms with van der Waals surface area (Å²) in [6.07, 6.45) is 1.75. The van der Waals surface area contributed by atoms with Crippen LogP contribution in [0.15, 0.2) is 60.3 Å². The summed E-state index contributed by atoms with van der Waals surface area (Å²) in [6.45, 7) is 8.92. The Labute approximate surface area is 187 Å². The van der Waals surface area contributed by atoms with Gasteiger partial charge in [-0.1, -0.05) is 42.2 Å². The van der Waals surface area contributed by atoms with Crippen LogP contribution in [0.5, 0.6) is 0 Å². The Morgan fingerprint density at radius 2 is 1.75 bits per heavy atom. The summed E-state index contributed by atoms with van der Waals surface area (Å²) in [4.78, 5) is 33.6. The van der Waals surface area contributed by atoms with Gasteiger partial charge in [0.15, 0.2) is 0 Å². The van der Waals surface area contributed by atoms with Gasteiger partial charge in [-0.05, 0) is 38.5 Å². The maximum Gasteiger partial charge on any atom is 0.295 e. The molecule has 1 aliphatic rings. The van der Waals surface area contributed by atoms with Gasteiger partial charge in [-0.15, -0.1) is 0 Å². The van der Waals surface area contributed by atoms with Crippen molar-refractivity contribution < 1.29 is 19.6 Å². The van der Waals surface area contributed by atoms with Crippen molar-refractivity contribution in [1.29, 1.82) is 0 Å². The third-order valence-corrected chi connectivity index (χ3v) is 6.27. The molecule has 2 aromatic heterocycles. The summed E-state index contributed by atoms with van der Waals surface area (Å²) in [5.74, 6) is -1.77. The molecule has 1 saturated heterocycles. The Bertz CT molecular complexity index is 1180. The molecule has 0 saturated carbocycles. The number of Topliss-reactive ketones (excluding diaryl/α,β-unsaturated/α-hetero) is 1. The summed E-state index contributed by atoms with van der Waals surface area (Å²) >= 11 is 0. The number of likely N-dealkylation sites (N-methyl/N-ethyl adjacent to an activating group) is 1. The van der Waals surface area contributed by atoms with Crippen LogP contribution in [0.4, 0.5) is 0 Å². The SMILES string of the molecule is CC[NH+](CC)CCN1C(=O)C(=O)C(=C([O-])c2c(C)nc3ccccn23)C1c1ccccc1. The fraction of sp³-hybridized carbons (Fsp3) is 0.320. The maximum atomic E-state index is 13.8. The molecule has 0 spiro atoms. The molecular formula is C25H28N4O3. The van der Waals surface area contributed by atoms with Gasteiger partial charge in [-0.2, -0.15) is 0 Å². The van der Waals surface area contributed by atoms with Crippen molar-refractivity contribution in [2.75, 3.05) is 26.2 Å².